The number of hydrogen-bond acceptors (Lipinski definition) is 14. The van der Waals surface area contributed by atoms with Crippen LogP contribution in [0.5, 0.6) is 0 Å². The summed E-state index contributed by atoms with van der Waals surface area (Å²) in [5.41, 5.74) is -16.9. The smallest absolute Gasteiger partial charge is 0.485 e. The van der Waals surface area contributed by atoms with E-state index >= 15 is 0 Å². The van der Waals surface area contributed by atoms with E-state index in [9.17, 15) is 39.5 Å². The average Bonchev–Trinajstić information content (AvgIpc) is 2.08. The van der Waals surface area contributed by atoms with E-state index in [0.29, 0.717) is 0 Å². The van der Waals surface area contributed by atoms with Gasteiger partial charge in [0, 0.05) is 19.8 Å². The molecule has 0 amide bonds. The van der Waals surface area contributed by atoms with E-state index in [4.69, 9.17) is 38.9 Å². The molecule has 14 nitrogen and oxygen atoms in total. The van der Waals surface area contributed by atoms with Crippen LogP contribution in [0, 0.1) is 0 Å². The summed E-state index contributed by atoms with van der Waals surface area (Å²) in [6.45, 7) is 0. The first-order valence-electron chi connectivity index (χ1n) is 3.81. The Morgan fingerprint density at radius 3 is 0.433 bits per heavy atom. The molecule has 0 rings (SSSR count). The Labute approximate surface area is 176 Å². The van der Waals surface area contributed by atoms with Crippen LogP contribution in [0.15, 0.2) is 0 Å². The van der Waals surface area contributed by atoms with Crippen molar-refractivity contribution in [3.63, 3.8) is 0 Å². The van der Waals surface area contributed by atoms with Crippen LogP contribution in [0.3, 0.4) is 0 Å². The summed E-state index contributed by atoms with van der Waals surface area (Å²) in [5, 5.41) is 0. The normalized spacial score (nSPS) is 11.2. The topological polar surface area (TPSA) is 347 Å². The first-order chi connectivity index (χ1) is 9.75. The molecule has 0 saturated heterocycles. The Morgan fingerprint density at radius 2 is 0.433 bits per heavy atom. The van der Waals surface area contributed by atoms with Gasteiger partial charge < -0.3 is 44.4 Å². The summed E-state index contributed by atoms with van der Waals surface area (Å²) in [5.74, 6) is 0. The molecule has 0 unspecified atom stereocenters. The molecule has 30 heavy (non-hydrogen) atoms. The molecule has 198 valence electrons. The van der Waals surface area contributed by atoms with Gasteiger partial charge in [0.2, 0.25) is 0 Å². The van der Waals surface area contributed by atoms with Crippen LogP contribution >= 0.6 is 0 Å². The summed E-state index contributed by atoms with van der Waals surface area (Å²) in [6.07, 6.45) is 0. The number of halogens is 9. The molecule has 0 aliphatic rings. The first-order valence-corrected chi connectivity index (χ1v) is 8.04. The Kier molecular flexibility index (Phi) is 32.6. The summed E-state index contributed by atoms with van der Waals surface area (Å²) in [6, 6.07) is 0. The van der Waals surface area contributed by atoms with Crippen molar-refractivity contribution in [1.29, 1.82) is 0 Å². The van der Waals surface area contributed by atoms with Gasteiger partial charge in [0.1, 0.15) is 0 Å². The third-order valence-electron chi connectivity index (χ3n) is 0.850. The molecular formula is C3H15F9N5O9OsS3-3. The van der Waals surface area contributed by atoms with Gasteiger partial charge in [-0.25, -0.2) is 25.3 Å². The minimum absolute atomic E-state index is 0. The van der Waals surface area contributed by atoms with Gasteiger partial charge in [0.25, 0.3) is 0 Å². The van der Waals surface area contributed by atoms with Crippen molar-refractivity contribution in [1.82, 2.24) is 30.8 Å². The van der Waals surface area contributed by atoms with Gasteiger partial charge in [-0.3, -0.25) is 0 Å². The summed E-state index contributed by atoms with van der Waals surface area (Å²) in [7, 11) is -18.3. The van der Waals surface area contributed by atoms with Gasteiger partial charge in [-0.2, -0.15) is 39.5 Å². The predicted molar refractivity (Wildman–Crippen MR) is 72.4 cm³/mol. The fourth-order valence-corrected chi connectivity index (χ4v) is 0. The molecule has 0 radical (unpaired) electrons. The molecule has 15 N–H and O–H groups in total. The van der Waals surface area contributed by atoms with E-state index < -0.39 is 46.9 Å². The van der Waals surface area contributed by atoms with E-state index in [1.165, 1.54) is 0 Å². The summed E-state index contributed by atoms with van der Waals surface area (Å²) < 4.78 is 177. The molecule has 0 saturated carbocycles. The standard InChI is InChI=1S/3CHF3O3S.5H3N.Os/c3*2-1(3,4)8(5,6)7;;;;;;/h3*(H,5,6,7);5*1H3;/p-3. The SMILES string of the molecule is N.N.N.N.N.O=S(=O)([O-])C(F)(F)F.O=S(=O)([O-])C(F)(F)F.O=S(=O)([O-])C(F)(F)F.[Os]. The molecule has 0 aromatic heterocycles. The van der Waals surface area contributed by atoms with Crippen molar-refractivity contribution >= 4 is 30.4 Å². The second-order valence-corrected chi connectivity index (χ2v) is 6.81. The number of alkyl halides is 9. The molecule has 0 atom stereocenters. The Morgan fingerprint density at radius 1 is 0.400 bits per heavy atom. The Hall–Kier alpha value is -0.464. The second-order valence-electron chi connectivity index (χ2n) is 2.70. The quantitative estimate of drug-likeness (QED) is 0.132. The largest absolute Gasteiger partial charge is 0.741 e. The van der Waals surface area contributed by atoms with E-state index in [-0.39, 0.29) is 50.5 Å². The molecule has 0 aromatic carbocycles. The van der Waals surface area contributed by atoms with E-state index in [1.807, 2.05) is 0 Å². The van der Waals surface area contributed by atoms with Crippen LogP contribution in [-0.4, -0.2) is 55.4 Å². The Bertz CT molecular complexity index is 616. The maximum atomic E-state index is 10.7. The van der Waals surface area contributed by atoms with Crippen molar-refractivity contribution in [2.75, 3.05) is 0 Å². The molecular weight excluding hydrogens is 707 g/mol. The van der Waals surface area contributed by atoms with Crippen molar-refractivity contribution in [3.05, 3.63) is 0 Å². The van der Waals surface area contributed by atoms with Gasteiger partial charge in [0.15, 0.2) is 30.4 Å². The zero-order valence-corrected chi connectivity index (χ0v) is 18.7. The molecule has 0 aromatic rings. The van der Waals surface area contributed by atoms with Gasteiger partial charge in [-0.05, 0) is 0 Å². The van der Waals surface area contributed by atoms with Gasteiger partial charge in [-0.1, -0.05) is 0 Å². The minimum atomic E-state index is -6.09. The molecule has 0 bridgehead atoms. The van der Waals surface area contributed by atoms with Crippen molar-refractivity contribution < 1.29 is 98.2 Å². The van der Waals surface area contributed by atoms with Crippen LogP contribution in [0.2, 0.25) is 0 Å². The third kappa shape index (κ3) is 27.5. The van der Waals surface area contributed by atoms with Crippen molar-refractivity contribution in [3.8, 4) is 0 Å². The number of rotatable bonds is 0. The fraction of sp³-hybridized carbons (Fsp3) is 1.00. The van der Waals surface area contributed by atoms with E-state index in [1.54, 1.807) is 0 Å². The minimum Gasteiger partial charge on any atom is -0.741 e. The van der Waals surface area contributed by atoms with Gasteiger partial charge in [0.05, 0.1) is 0 Å². The monoisotopic (exact) mass is 724 g/mol. The number of hydrogen-bond donors (Lipinski definition) is 5. The van der Waals surface area contributed by atoms with Crippen LogP contribution in [0.1, 0.15) is 0 Å². The van der Waals surface area contributed by atoms with Crippen LogP contribution in [-0.2, 0) is 50.1 Å². The van der Waals surface area contributed by atoms with E-state index in [2.05, 4.69) is 0 Å². The molecule has 0 spiro atoms. The maximum Gasteiger partial charge on any atom is 0.485 e. The zero-order chi connectivity index (χ0) is 21.0. The first kappa shape index (κ1) is 57.0. The zero-order valence-electron chi connectivity index (χ0n) is 13.7. The Balaban J connectivity index is -0.0000000286. The van der Waals surface area contributed by atoms with Gasteiger partial charge >= 0.3 is 16.5 Å². The maximum absolute atomic E-state index is 10.7. The third-order valence-corrected chi connectivity index (χ3v) is 2.55. The van der Waals surface area contributed by atoms with E-state index in [0.717, 1.165) is 0 Å². The average molecular weight is 723 g/mol. The van der Waals surface area contributed by atoms with Crippen LogP contribution in [0.4, 0.5) is 39.5 Å². The second kappa shape index (κ2) is 17.1. The van der Waals surface area contributed by atoms with Crippen molar-refractivity contribution in [2.24, 2.45) is 0 Å². The van der Waals surface area contributed by atoms with Crippen LogP contribution in [0.25, 0.3) is 0 Å². The molecule has 0 aliphatic heterocycles. The molecule has 0 heterocycles. The molecule has 0 fully saturated rings. The fourth-order valence-electron chi connectivity index (χ4n) is 0. The predicted octanol–water partition coefficient (Wildman–Crippen LogP) is 0.962. The molecule has 0 aliphatic carbocycles. The van der Waals surface area contributed by atoms with Crippen molar-refractivity contribution in [2.45, 2.75) is 16.5 Å². The van der Waals surface area contributed by atoms with Crippen LogP contribution < -0.4 is 30.8 Å². The molecule has 27 heteroatoms. The van der Waals surface area contributed by atoms with Gasteiger partial charge in [-0.15, -0.1) is 0 Å². The summed E-state index contributed by atoms with van der Waals surface area (Å²) in [4.78, 5) is 0. The summed E-state index contributed by atoms with van der Waals surface area (Å²) >= 11 is 0.